The minimum absolute atomic E-state index is 0.267. The van der Waals surface area contributed by atoms with Gasteiger partial charge in [0.1, 0.15) is 17.0 Å². The van der Waals surface area contributed by atoms with E-state index in [4.69, 9.17) is 14.5 Å². The van der Waals surface area contributed by atoms with Crippen LogP contribution in [0, 0.1) is 5.41 Å². The van der Waals surface area contributed by atoms with Crippen LogP contribution in [0.3, 0.4) is 0 Å². The number of rotatable bonds is 3. The summed E-state index contributed by atoms with van der Waals surface area (Å²) in [4.78, 5) is 7.30. The molecule has 26 heavy (non-hydrogen) atoms. The summed E-state index contributed by atoms with van der Waals surface area (Å²) in [6.07, 6.45) is 1.11. The number of ether oxygens (including phenoxy) is 2. The maximum Gasteiger partial charge on any atom is 0.145 e. The van der Waals surface area contributed by atoms with E-state index in [-0.39, 0.29) is 5.41 Å². The fourth-order valence-corrected chi connectivity index (χ4v) is 4.34. The van der Waals surface area contributed by atoms with Gasteiger partial charge in [0.15, 0.2) is 0 Å². The average molecular weight is 346 g/mol. The van der Waals surface area contributed by atoms with Crippen molar-refractivity contribution in [2.75, 3.05) is 26.8 Å². The summed E-state index contributed by atoms with van der Waals surface area (Å²) in [6.45, 7) is 3.82. The molecule has 0 saturated carbocycles. The topological polar surface area (TPSA) is 34.6 Å². The Kier molecular flexibility index (Phi) is 3.61. The van der Waals surface area contributed by atoms with Crippen LogP contribution in [0.15, 0.2) is 54.6 Å². The SMILES string of the molecule is COc1cccc2ccc(CN3CC4(COc5ccccc5C4)C3)nc12. The van der Waals surface area contributed by atoms with E-state index in [1.165, 1.54) is 5.56 Å². The lowest BCUT2D eigenvalue weighted by Crippen LogP contribution is -2.60. The molecule has 4 heteroatoms. The highest BCUT2D eigenvalue weighted by Crippen LogP contribution is 2.41. The number of para-hydroxylation sites is 2. The number of nitrogens with zero attached hydrogens (tertiary/aromatic N) is 2. The summed E-state index contributed by atoms with van der Waals surface area (Å²) in [7, 11) is 1.70. The average Bonchev–Trinajstić information content (AvgIpc) is 2.66. The van der Waals surface area contributed by atoms with Crippen LogP contribution >= 0.6 is 0 Å². The second-order valence-electron chi connectivity index (χ2n) is 7.55. The van der Waals surface area contributed by atoms with Crippen molar-refractivity contribution in [3.8, 4) is 11.5 Å². The van der Waals surface area contributed by atoms with Crippen LogP contribution in [-0.2, 0) is 13.0 Å². The molecule has 1 fully saturated rings. The fourth-order valence-electron chi connectivity index (χ4n) is 4.34. The third-order valence-electron chi connectivity index (χ3n) is 5.54. The predicted molar refractivity (Wildman–Crippen MR) is 102 cm³/mol. The van der Waals surface area contributed by atoms with Gasteiger partial charge >= 0.3 is 0 Å². The van der Waals surface area contributed by atoms with E-state index < -0.39 is 0 Å². The number of hydrogen-bond acceptors (Lipinski definition) is 4. The summed E-state index contributed by atoms with van der Waals surface area (Å²) in [6, 6.07) is 18.7. The Morgan fingerprint density at radius 2 is 1.96 bits per heavy atom. The van der Waals surface area contributed by atoms with Crippen LogP contribution < -0.4 is 9.47 Å². The molecule has 0 amide bonds. The van der Waals surface area contributed by atoms with Gasteiger partial charge < -0.3 is 9.47 Å². The Morgan fingerprint density at radius 1 is 1.08 bits per heavy atom. The van der Waals surface area contributed by atoms with E-state index in [0.717, 1.165) is 60.8 Å². The first-order valence-electron chi connectivity index (χ1n) is 9.10. The summed E-state index contributed by atoms with van der Waals surface area (Å²) >= 11 is 0. The number of likely N-dealkylation sites (tertiary alicyclic amines) is 1. The third kappa shape index (κ3) is 2.61. The van der Waals surface area contributed by atoms with Crippen LogP contribution in [0.1, 0.15) is 11.3 Å². The molecular formula is C22H22N2O2. The van der Waals surface area contributed by atoms with E-state index in [1.54, 1.807) is 7.11 Å². The molecule has 3 heterocycles. The first kappa shape index (κ1) is 15.6. The zero-order valence-corrected chi connectivity index (χ0v) is 14.9. The fraction of sp³-hybridized carbons (Fsp3) is 0.318. The van der Waals surface area contributed by atoms with Crippen LogP contribution in [0.5, 0.6) is 11.5 Å². The lowest BCUT2D eigenvalue weighted by Gasteiger charge is -2.52. The van der Waals surface area contributed by atoms with Gasteiger partial charge in [-0.05, 0) is 30.2 Å². The van der Waals surface area contributed by atoms with Crippen LogP contribution in [-0.4, -0.2) is 36.7 Å². The first-order chi connectivity index (χ1) is 12.7. The van der Waals surface area contributed by atoms with Gasteiger partial charge in [-0.3, -0.25) is 4.90 Å². The number of fused-ring (bicyclic) bond motifs is 2. The lowest BCUT2D eigenvalue weighted by molar-refractivity contribution is -0.0483. The second-order valence-corrected chi connectivity index (χ2v) is 7.55. The van der Waals surface area contributed by atoms with Crippen molar-refractivity contribution in [3.05, 3.63) is 65.9 Å². The van der Waals surface area contributed by atoms with Gasteiger partial charge in [0.2, 0.25) is 0 Å². The van der Waals surface area contributed by atoms with E-state index in [9.17, 15) is 0 Å². The lowest BCUT2D eigenvalue weighted by atomic mass is 9.74. The Hall–Kier alpha value is -2.59. The van der Waals surface area contributed by atoms with Crippen LogP contribution in [0.4, 0.5) is 0 Å². The van der Waals surface area contributed by atoms with Crippen molar-refractivity contribution >= 4 is 10.9 Å². The molecule has 3 aromatic rings. The smallest absolute Gasteiger partial charge is 0.145 e. The molecule has 0 bridgehead atoms. The molecule has 2 aliphatic heterocycles. The van der Waals surface area contributed by atoms with E-state index >= 15 is 0 Å². The van der Waals surface area contributed by atoms with Crippen LogP contribution in [0.2, 0.25) is 0 Å². The van der Waals surface area contributed by atoms with Gasteiger partial charge in [0.05, 0.1) is 19.4 Å². The van der Waals surface area contributed by atoms with Crippen molar-refractivity contribution in [3.63, 3.8) is 0 Å². The Morgan fingerprint density at radius 3 is 2.85 bits per heavy atom. The van der Waals surface area contributed by atoms with Gasteiger partial charge in [0.25, 0.3) is 0 Å². The normalized spacial score (nSPS) is 18.2. The molecule has 4 nitrogen and oxygen atoms in total. The standard InChI is InChI=1S/C22H22N2O2/c1-25-20-8-4-6-16-9-10-18(23-21(16)20)12-24-13-22(14-24)11-17-5-2-3-7-19(17)26-15-22/h2-10H,11-15H2,1H3. The maximum absolute atomic E-state index is 6.01. The summed E-state index contributed by atoms with van der Waals surface area (Å²) < 4.78 is 11.5. The number of benzene rings is 2. The van der Waals surface area contributed by atoms with Gasteiger partial charge in [-0.2, -0.15) is 0 Å². The molecule has 0 unspecified atom stereocenters. The van der Waals surface area contributed by atoms with Crippen molar-refractivity contribution in [1.29, 1.82) is 0 Å². The maximum atomic E-state index is 6.01. The number of methoxy groups -OCH3 is 1. The molecule has 1 spiro atoms. The van der Waals surface area contributed by atoms with Crippen LogP contribution in [0.25, 0.3) is 10.9 Å². The van der Waals surface area contributed by atoms with Gasteiger partial charge in [-0.15, -0.1) is 0 Å². The zero-order valence-electron chi connectivity index (χ0n) is 14.9. The van der Waals surface area contributed by atoms with Crippen molar-refractivity contribution < 1.29 is 9.47 Å². The Bertz CT molecular complexity index is 963. The first-order valence-corrected chi connectivity index (χ1v) is 9.10. The molecule has 1 saturated heterocycles. The molecule has 0 N–H and O–H groups in total. The minimum atomic E-state index is 0.267. The minimum Gasteiger partial charge on any atom is -0.494 e. The highest BCUT2D eigenvalue weighted by atomic mass is 16.5. The molecule has 0 atom stereocenters. The highest BCUT2D eigenvalue weighted by Gasteiger charge is 2.46. The Balaban J connectivity index is 1.30. The zero-order chi connectivity index (χ0) is 17.6. The van der Waals surface area contributed by atoms with Crippen molar-refractivity contribution in [1.82, 2.24) is 9.88 Å². The van der Waals surface area contributed by atoms with Crippen molar-refractivity contribution in [2.45, 2.75) is 13.0 Å². The predicted octanol–water partition coefficient (Wildman–Crippen LogP) is 3.68. The summed E-state index contributed by atoms with van der Waals surface area (Å²) in [5, 5.41) is 1.12. The highest BCUT2D eigenvalue weighted by molar-refractivity contribution is 5.84. The monoisotopic (exact) mass is 346 g/mol. The molecule has 0 radical (unpaired) electrons. The number of hydrogen-bond donors (Lipinski definition) is 0. The third-order valence-corrected chi connectivity index (χ3v) is 5.54. The van der Waals surface area contributed by atoms with Gasteiger partial charge in [-0.25, -0.2) is 4.98 Å². The molecule has 2 aliphatic rings. The van der Waals surface area contributed by atoms with E-state index in [0.29, 0.717) is 0 Å². The largest absolute Gasteiger partial charge is 0.494 e. The molecule has 5 rings (SSSR count). The molecule has 1 aromatic heterocycles. The van der Waals surface area contributed by atoms with Gasteiger partial charge in [-0.1, -0.05) is 36.4 Å². The Labute approximate surface area is 153 Å². The number of aromatic nitrogens is 1. The quantitative estimate of drug-likeness (QED) is 0.725. The summed E-state index contributed by atoms with van der Waals surface area (Å²) in [5.74, 6) is 1.89. The van der Waals surface area contributed by atoms with E-state index in [2.05, 4.69) is 41.3 Å². The van der Waals surface area contributed by atoms with Crippen molar-refractivity contribution in [2.24, 2.45) is 5.41 Å². The van der Waals surface area contributed by atoms with Gasteiger partial charge in [0, 0.05) is 30.4 Å². The number of pyridine rings is 1. The summed E-state index contributed by atoms with van der Waals surface area (Å²) in [5.41, 5.74) is 3.64. The molecule has 2 aromatic carbocycles. The van der Waals surface area contributed by atoms with E-state index in [1.807, 2.05) is 18.2 Å². The second kappa shape index (κ2) is 5.99. The molecule has 132 valence electrons. The molecular weight excluding hydrogens is 324 g/mol. The molecule has 0 aliphatic carbocycles.